The van der Waals surface area contributed by atoms with Crippen LogP contribution in [0.4, 0.5) is 5.13 Å². The van der Waals surface area contributed by atoms with Crippen LogP contribution in [0.5, 0.6) is 0 Å². The topological polar surface area (TPSA) is 205 Å². The number of nitrogens with two attached hydrogens (primary N) is 1. The molecular formula is C23H38N8O6S. The second kappa shape index (κ2) is 16.5. The highest BCUT2D eigenvalue weighted by Gasteiger charge is 2.36. The van der Waals surface area contributed by atoms with Gasteiger partial charge in [-0.1, -0.05) is 45.4 Å². The number of anilines is 1. The van der Waals surface area contributed by atoms with Gasteiger partial charge in [0.1, 0.15) is 11.1 Å². The Morgan fingerprint density at radius 1 is 1.34 bits per heavy atom. The Kier molecular flexibility index (Phi) is 13.4. The minimum atomic E-state index is -0.957. The van der Waals surface area contributed by atoms with Crippen molar-refractivity contribution in [2.24, 2.45) is 22.7 Å². The van der Waals surface area contributed by atoms with Gasteiger partial charge in [-0.15, -0.1) is 11.3 Å². The van der Waals surface area contributed by atoms with Crippen LogP contribution in [0.2, 0.25) is 0 Å². The maximum absolute atomic E-state index is 13.6. The fourth-order valence-electron chi connectivity index (χ4n) is 4.78. The summed E-state index contributed by atoms with van der Waals surface area (Å²) in [6, 6.07) is -1.68. The largest absolute Gasteiger partial charge is 0.365 e. The molecule has 3 amide bonds. The fraction of sp³-hybridized carbons (Fsp3) is 0.696. The zero-order valence-corrected chi connectivity index (χ0v) is 22.4. The number of guanidine groups is 1. The molecule has 15 heteroatoms. The summed E-state index contributed by atoms with van der Waals surface area (Å²) in [5.41, 5.74) is 5.44. The Bertz CT molecular complexity index is 925. The number of rotatable bonds is 16. The summed E-state index contributed by atoms with van der Waals surface area (Å²) >= 11 is 1.23. The summed E-state index contributed by atoms with van der Waals surface area (Å²) in [6.45, 7) is 2.09. The van der Waals surface area contributed by atoms with E-state index in [4.69, 9.17) is 5.73 Å². The van der Waals surface area contributed by atoms with E-state index in [9.17, 15) is 29.7 Å². The SMILES string of the molecule is CCC[C@H]([C@H](CC1CCCCC1)C(=O)N[C@H](CCCN/C(N)=N\[N+](=O)[O-])C(=O)Nc1nccs1)N(O)C=O. The van der Waals surface area contributed by atoms with E-state index in [1.54, 1.807) is 11.6 Å². The first kappa shape index (κ1) is 30.9. The molecule has 1 heterocycles. The van der Waals surface area contributed by atoms with Crippen molar-refractivity contribution in [2.75, 3.05) is 11.9 Å². The van der Waals surface area contributed by atoms with E-state index >= 15 is 0 Å². The number of hydrogen-bond donors (Lipinski definition) is 5. The predicted octanol–water partition coefficient (Wildman–Crippen LogP) is 2.05. The number of nitro groups is 1. The van der Waals surface area contributed by atoms with Crippen molar-refractivity contribution in [1.29, 1.82) is 0 Å². The Hall–Kier alpha value is -3.33. The van der Waals surface area contributed by atoms with Gasteiger partial charge >= 0.3 is 0 Å². The fourth-order valence-corrected chi connectivity index (χ4v) is 5.32. The maximum atomic E-state index is 13.6. The van der Waals surface area contributed by atoms with Crippen LogP contribution in [0.25, 0.3) is 0 Å². The molecule has 1 aliphatic rings. The highest BCUT2D eigenvalue weighted by atomic mass is 32.1. The first-order chi connectivity index (χ1) is 18.2. The van der Waals surface area contributed by atoms with Crippen LogP contribution in [0, 0.1) is 22.0 Å². The van der Waals surface area contributed by atoms with Gasteiger partial charge < -0.3 is 21.7 Å². The number of hydrogen-bond acceptors (Lipinski definition) is 8. The molecule has 1 aromatic heterocycles. The van der Waals surface area contributed by atoms with Gasteiger partial charge in [-0.2, -0.15) is 0 Å². The molecule has 0 radical (unpaired) electrons. The Balaban J connectivity index is 2.18. The minimum absolute atomic E-state index is 0.180. The van der Waals surface area contributed by atoms with E-state index < -0.39 is 34.8 Å². The lowest BCUT2D eigenvalue weighted by Gasteiger charge is -2.34. The number of nitrogens with one attached hydrogen (secondary N) is 3. The number of aromatic nitrogens is 1. The van der Waals surface area contributed by atoms with E-state index in [2.05, 4.69) is 26.0 Å². The third-order valence-corrected chi connectivity index (χ3v) is 7.29. The second-order valence-electron chi connectivity index (χ2n) is 9.37. The van der Waals surface area contributed by atoms with Gasteiger partial charge in [0.25, 0.3) is 5.96 Å². The van der Waals surface area contributed by atoms with Crippen molar-refractivity contribution in [3.63, 3.8) is 0 Å². The normalized spacial score (nSPS) is 16.6. The molecule has 0 aromatic carbocycles. The molecule has 212 valence electrons. The van der Waals surface area contributed by atoms with Crippen LogP contribution in [0.15, 0.2) is 16.7 Å². The highest BCUT2D eigenvalue weighted by Crippen LogP contribution is 2.32. The molecule has 0 unspecified atom stereocenters. The number of carbonyl (C=O) groups is 3. The zero-order chi connectivity index (χ0) is 27.9. The lowest BCUT2D eigenvalue weighted by Crippen LogP contribution is -2.51. The highest BCUT2D eigenvalue weighted by molar-refractivity contribution is 7.13. The standard InChI is InChI=1S/C23H38N8O6S/c1-2-7-19(30(35)15-32)17(14-16-8-4-3-5-9-16)20(33)27-18(21(34)28-23-26-12-13-38-23)10-6-11-25-22(24)29-31(36)37/h12-13,15-19,35H,2-11,14H2,1H3,(H,27,33)(H3,24,25,29)(H,26,28,34)/t17-,18+,19+/m0/s1. The van der Waals surface area contributed by atoms with Gasteiger partial charge in [-0.05, 0) is 31.6 Å². The van der Waals surface area contributed by atoms with Crippen LogP contribution in [-0.4, -0.2) is 63.1 Å². The van der Waals surface area contributed by atoms with Crippen molar-refractivity contribution in [2.45, 2.75) is 83.2 Å². The molecule has 1 aliphatic carbocycles. The Morgan fingerprint density at radius 2 is 2.08 bits per heavy atom. The summed E-state index contributed by atoms with van der Waals surface area (Å²) in [7, 11) is 0. The first-order valence-electron chi connectivity index (χ1n) is 12.9. The van der Waals surface area contributed by atoms with Gasteiger partial charge in [-0.25, -0.2) is 20.2 Å². The van der Waals surface area contributed by atoms with E-state index in [0.29, 0.717) is 42.3 Å². The van der Waals surface area contributed by atoms with Crippen LogP contribution >= 0.6 is 11.3 Å². The smallest absolute Gasteiger partial charge is 0.266 e. The number of carbonyl (C=O) groups excluding carboxylic acids is 3. The molecule has 14 nitrogen and oxygen atoms in total. The van der Waals surface area contributed by atoms with E-state index in [1.165, 1.54) is 11.3 Å². The first-order valence-corrected chi connectivity index (χ1v) is 13.8. The summed E-state index contributed by atoms with van der Waals surface area (Å²) in [5, 5.41) is 33.6. The van der Waals surface area contributed by atoms with Gasteiger partial charge in [0.2, 0.25) is 18.2 Å². The van der Waals surface area contributed by atoms with Gasteiger partial charge in [0.05, 0.1) is 12.0 Å². The average Bonchev–Trinajstić information content (AvgIpc) is 3.40. The van der Waals surface area contributed by atoms with E-state index in [0.717, 1.165) is 32.1 Å². The summed E-state index contributed by atoms with van der Waals surface area (Å²) in [5.74, 6) is -1.68. The third-order valence-electron chi connectivity index (χ3n) is 6.61. The number of nitrogens with zero attached hydrogens (tertiary/aromatic N) is 4. The van der Waals surface area contributed by atoms with Crippen molar-refractivity contribution in [3.05, 3.63) is 21.7 Å². The van der Waals surface area contributed by atoms with Crippen molar-refractivity contribution in [3.8, 4) is 0 Å². The molecule has 0 bridgehead atoms. The minimum Gasteiger partial charge on any atom is -0.365 e. The molecule has 38 heavy (non-hydrogen) atoms. The number of hydroxylamine groups is 2. The predicted molar refractivity (Wildman–Crippen MR) is 142 cm³/mol. The van der Waals surface area contributed by atoms with Crippen LogP contribution < -0.4 is 21.7 Å². The van der Waals surface area contributed by atoms with Crippen molar-refractivity contribution < 1.29 is 24.6 Å². The molecule has 1 saturated carbocycles. The lowest BCUT2D eigenvalue weighted by atomic mass is 9.79. The van der Waals surface area contributed by atoms with Crippen LogP contribution in [0.3, 0.4) is 0 Å². The van der Waals surface area contributed by atoms with Gasteiger partial charge in [0.15, 0.2) is 10.2 Å². The number of amides is 3. The molecule has 1 fully saturated rings. The molecule has 2 rings (SSSR count). The van der Waals surface area contributed by atoms with Gasteiger partial charge in [-0.3, -0.25) is 19.6 Å². The van der Waals surface area contributed by atoms with Gasteiger partial charge in [0, 0.05) is 18.1 Å². The molecule has 6 N–H and O–H groups in total. The van der Waals surface area contributed by atoms with Crippen molar-refractivity contribution >= 4 is 40.7 Å². The summed E-state index contributed by atoms with van der Waals surface area (Å²) < 4.78 is 0. The summed E-state index contributed by atoms with van der Waals surface area (Å²) in [6.07, 6.45) is 9.19. The molecule has 0 saturated heterocycles. The number of thiazole rings is 1. The molecule has 3 atom stereocenters. The van der Waals surface area contributed by atoms with E-state index in [-0.39, 0.29) is 24.8 Å². The Morgan fingerprint density at radius 3 is 2.68 bits per heavy atom. The third kappa shape index (κ3) is 10.6. The second-order valence-corrected chi connectivity index (χ2v) is 10.3. The van der Waals surface area contributed by atoms with E-state index in [1.807, 2.05) is 6.92 Å². The zero-order valence-electron chi connectivity index (χ0n) is 21.6. The summed E-state index contributed by atoms with van der Waals surface area (Å²) in [4.78, 5) is 52.7. The molecular weight excluding hydrogens is 516 g/mol. The quantitative estimate of drug-likeness (QED) is 0.0385. The molecule has 0 spiro atoms. The maximum Gasteiger partial charge on any atom is 0.266 e. The monoisotopic (exact) mass is 554 g/mol. The van der Waals surface area contributed by atoms with Crippen LogP contribution in [-0.2, 0) is 14.4 Å². The Labute approximate surface area is 225 Å². The van der Waals surface area contributed by atoms with Crippen LogP contribution in [0.1, 0.15) is 71.1 Å². The van der Waals surface area contributed by atoms with Crippen molar-refractivity contribution in [1.82, 2.24) is 20.7 Å². The molecule has 0 aliphatic heterocycles. The average molecular weight is 555 g/mol. The molecule has 1 aromatic rings. The number of hydrazone groups is 1. The lowest BCUT2D eigenvalue weighted by molar-refractivity contribution is -0.485.